The van der Waals surface area contributed by atoms with Crippen LogP contribution in [0, 0.1) is 6.92 Å². The number of aliphatic imine (C=N–C) groups is 1. The summed E-state index contributed by atoms with van der Waals surface area (Å²) >= 11 is 1.55. The number of allylic oxidation sites excluding steroid dienone is 1. The Morgan fingerprint density at radius 1 is 0.944 bits per heavy atom. The molecule has 36 heavy (non-hydrogen) atoms. The molecule has 0 amide bonds. The first-order chi connectivity index (χ1) is 17.7. The molecule has 6 rings (SSSR count). The summed E-state index contributed by atoms with van der Waals surface area (Å²) in [6.07, 6.45) is 7.89. The first kappa shape index (κ1) is 22.7. The third-order valence-corrected chi connectivity index (χ3v) is 8.02. The van der Waals surface area contributed by atoms with Crippen molar-refractivity contribution in [2.24, 2.45) is 9.98 Å². The molecule has 0 saturated heterocycles. The van der Waals surface area contributed by atoms with Gasteiger partial charge in [-0.1, -0.05) is 90.8 Å². The zero-order valence-corrected chi connectivity index (χ0v) is 21.2. The Kier molecular flexibility index (Phi) is 6.16. The van der Waals surface area contributed by atoms with Crippen molar-refractivity contribution in [2.45, 2.75) is 45.1 Å². The lowest BCUT2D eigenvalue weighted by molar-refractivity contribution is 0.307. The Morgan fingerprint density at radius 3 is 2.42 bits per heavy atom. The van der Waals surface area contributed by atoms with Gasteiger partial charge in [0.15, 0.2) is 4.80 Å². The molecule has 1 aromatic heterocycles. The van der Waals surface area contributed by atoms with E-state index in [-0.39, 0.29) is 6.04 Å². The van der Waals surface area contributed by atoms with Crippen LogP contribution in [0.25, 0.3) is 11.6 Å². The van der Waals surface area contributed by atoms with Crippen LogP contribution >= 0.6 is 11.3 Å². The Labute approximate surface area is 215 Å². The van der Waals surface area contributed by atoms with Crippen molar-refractivity contribution >= 4 is 40.1 Å². The van der Waals surface area contributed by atoms with Gasteiger partial charge in [0.05, 0.1) is 22.0 Å². The van der Waals surface area contributed by atoms with Crippen molar-refractivity contribution in [3.8, 4) is 5.88 Å². The highest BCUT2D eigenvalue weighted by molar-refractivity contribution is 7.10. The van der Waals surface area contributed by atoms with Crippen molar-refractivity contribution in [3.05, 3.63) is 105 Å². The van der Waals surface area contributed by atoms with Crippen LogP contribution in [-0.4, -0.2) is 15.4 Å². The lowest BCUT2D eigenvalue weighted by Gasteiger charge is -2.23. The zero-order chi connectivity index (χ0) is 24.5. The normalized spacial score (nSPS) is 17.4. The Bertz CT molecular complexity index is 1520. The van der Waals surface area contributed by atoms with E-state index in [0.29, 0.717) is 5.88 Å². The number of aryl methyl sites for hydroxylation is 1. The maximum Gasteiger partial charge on any atom is 0.211 e. The van der Waals surface area contributed by atoms with Crippen LogP contribution < -0.4 is 4.80 Å². The van der Waals surface area contributed by atoms with E-state index in [1.165, 1.54) is 24.8 Å². The van der Waals surface area contributed by atoms with Gasteiger partial charge in [-0.3, -0.25) is 4.57 Å². The van der Waals surface area contributed by atoms with Gasteiger partial charge in [0.2, 0.25) is 5.88 Å². The van der Waals surface area contributed by atoms with Crippen molar-refractivity contribution < 1.29 is 5.11 Å². The molecule has 4 nitrogen and oxygen atoms in total. The molecule has 1 aliphatic carbocycles. The first-order valence-electron chi connectivity index (χ1n) is 12.7. The molecule has 0 radical (unpaired) electrons. The molecule has 2 heterocycles. The van der Waals surface area contributed by atoms with Gasteiger partial charge in [0.25, 0.3) is 0 Å². The third kappa shape index (κ3) is 4.35. The van der Waals surface area contributed by atoms with Crippen LogP contribution in [0.3, 0.4) is 0 Å². The molecular weight excluding hydrogens is 462 g/mol. The molecule has 2 aliphatic rings. The molecule has 1 aliphatic heterocycles. The van der Waals surface area contributed by atoms with Gasteiger partial charge >= 0.3 is 0 Å². The summed E-state index contributed by atoms with van der Waals surface area (Å²) < 4.78 is 2.08. The van der Waals surface area contributed by atoms with Crippen LogP contribution in [0.1, 0.15) is 59.7 Å². The maximum atomic E-state index is 11.6. The van der Waals surface area contributed by atoms with Crippen LogP contribution in [0.2, 0.25) is 0 Å². The van der Waals surface area contributed by atoms with E-state index < -0.39 is 0 Å². The predicted molar refractivity (Wildman–Crippen MR) is 149 cm³/mol. The van der Waals surface area contributed by atoms with E-state index in [0.717, 1.165) is 56.3 Å². The molecule has 180 valence electrons. The molecule has 1 N–H and O–H groups in total. The molecule has 0 bridgehead atoms. The number of thiazole rings is 1. The Morgan fingerprint density at radius 2 is 1.67 bits per heavy atom. The van der Waals surface area contributed by atoms with E-state index >= 15 is 0 Å². The molecular formula is C31H29N3OS. The number of fused-ring (bicyclic) bond motifs is 1. The summed E-state index contributed by atoms with van der Waals surface area (Å²) in [5.74, 6) is 0.308. The van der Waals surface area contributed by atoms with Crippen LogP contribution in [-0.2, 0) is 0 Å². The summed E-state index contributed by atoms with van der Waals surface area (Å²) in [5.41, 5.74) is 7.22. The van der Waals surface area contributed by atoms with Crippen LogP contribution in [0.4, 0.5) is 11.4 Å². The highest BCUT2D eigenvalue weighted by atomic mass is 32.1. The van der Waals surface area contributed by atoms with Crippen LogP contribution in [0.15, 0.2) is 88.8 Å². The van der Waals surface area contributed by atoms with Gasteiger partial charge < -0.3 is 5.11 Å². The number of hydrogen-bond acceptors (Lipinski definition) is 4. The molecule has 5 heteroatoms. The topological polar surface area (TPSA) is 49.9 Å². The van der Waals surface area contributed by atoms with Crippen molar-refractivity contribution in [2.75, 3.05) is 0 Å². The second-order valence-corrected chi connectivity index (χ2v) is 10.6. The largest absolute Gasteiger partial charge is 0.493 e. The summed E-state index contributed by atoms with van der Waals surface area (Å²) in [4.78, 5) is 11.6. The summed E-state index contributed by atoms with van der Waals surface area (Å²) in [6.45, 7) is 2.11. The zero-order valence-electron chi connectivity index (χ0n) is 20.4. The molecule has 4 aromatic rings. The molecule has 1 saturated carbocycles. The maximum absolute atomic E-state index is 11.6. The third-order valence-electron chi connectivity index (χ3n) is 7.03. The molecule has 0 atom stereocenters. The number of rotatable bonds is 4. The quantitative estimate of drug-likeness (QED) is 0.309. The van der Waals surface area contributed by atoms with Gasteiger partial charge in [-0.25, -0.2) is 9.98 Å². The molecule has 3 aromatic carbocycles. The van der Waals surface area contributed by atoms with Gasteiger partial charge in [-0.2, -0.15) is 0 Å². The second-order valence-electron chi connectivity index (χ2n) is 9.59. The molecule has 0 unspecified atom stereocenters. The average molecular weight is 492 g/mol. The summed E-state index contributed by atoms with van der Waals surface area (Å²) in [6, 6.07) is 27.0. The van der Waals surface area contributed by atoms with E-state index in [1.54, 1.807) is 11.3 Å². The number of aromatic nitrogens is 1. The Balaban J connectivity index is 1.53. The highest BCUT2D eigenvalue weighted by Gasteiger charge is 2.26. The number of benzene rings is 3. The number of nitrogens with zero attached hydrogens (tertiary/aromatic N) is 3. The van der Waals surface area contributed by atoms with E-state index in [9.17, 15) is 5.11 Å². The van der Waals surface area contributed by atoms with Gasteiger partial charge in [0, 0.05) is 22.7 Å². The first-order valence-corrected chi connectivity index (χ1v) is 13.5. The highest BCUT2D eigenvalue weighted by Crippen LogP contribution is 2.41. The minimum Gasteiger partial charge on any atom is -0.493 e. The predicted octanol–water partition coefficient (Wildman–Crippen LogP) is 7.98. The average Bonchev–Trinajstić information content (AvgIpc) is 3.42. The fourth-order valence-electron chi connectivity index (χ4n) is 5.22. The van der Waals surface area contributed by atoms with Gasteiger partial charge in [-0.05, 0) is 50.1 Å². The fraction of sp³-hybridized carbons (Fsp3) is 0.226. The van der Waals surface area contributed by atoms with Crippen LogP contribution in [0.5, 0.6) is 5.88 Å². The van der Waals surface area contributed by atoms with Gasteiger partial charge in [-0.15, -0.1) is 0 Å². The van der Waals surface area contributed by atoms with E-state index in [2.05, 4.69) is 47.9 Å². The summed E-state index contributed by atoms with van der Waals surface area (Å²) in [7, 11) is 0. The van der Waals surface area contributed by atoms with Crippen molar-refractivity contribution in [1.29, 1.82) is 0 Å². The lowest BCUT2D eigenvalue weighted by atomic mass is 9.95. The standard InChI is InChI=1S/C31H29N3OS/c1-21-17-18-27-25(19-21)26(29(33-27)22-11-5-2-6-12-22)20-28-30(35)34(24-15-9-4-10-16-24)31(36-28)32-23-13-7-3-8-14-23/h2-3,5-8,11-14,17-20,24,35H,4,9-10,15-16H2,1H3. The number of para-hydroxylation sites is 1. The van der Waals surface area contributed by atoms with Crippen molar-refractivity contribution in [1.82, 2.24) is 4.57 Å². The monoisotopic (exact) mass is 491 g/mol. The Hall–Kier alpha value is -3.70. The number of aromatic hydroxyl groups is 1. The second kappa shape index (κ2) is 9.75. The smallest absolute Gasteiger partial charge is 0.211 e. The molecule has 1 fully saturated rings. The minimum absolute atomic E-state index is 0.269. The number of hydrogen-bond donors (Lipinski definition) is 1. The molecule has 0 spiro atoms. The minimum atomic E-state index is 0.269. The van der Waals surface area contributed by atoms with Crippen molar-refractivity contribution in [3.63, 3.8) is 0 Å². The fourth-order valence-corrected chi connectivity index (χ4v) is 6.27. The SMILES string of the molecule is Cc1ccc2c(c1)C(=Cc1sc(=Nc3ccccc3)n(C3CCCCC3)c1O)C(c1ccccc1)=N2. The lowest BCUT2D eigenvalue weighted by Crippen LogP contribution is -2.22. The summed E-state index contributed by atoms with van der Waals surface area (Å²) in [5, 5.41) is 11.6. The van der Waals surface area contributed by atoms with E-state index in [1.807, 2.05) is 48.5 Å². The van der Waals surface area contributed by atoms with E-state index in [4.69, 9.17) is 9.98 Å². The van der Waals surface area contributed by atoms with Gasteiger partial charge in [0.1, 0.15) is 0 Å².